The Hall–Kier alpha value is -3.60. The maximum atomic E-state index is 12.6. The molecule has 160 valence electrons. The number of hydrogen-bond acceptors (Lipinski definition) is 3. The van der Waals surface area contributed by atoms with Gasteiger partial charge in [0.05, 0.1) is 0 Å². The zero-order valence-corrected chi connectivity index (χ0v) is 18.3. The van der Waals surface area contributed by atoms with Crippen molar-refractivity contribution in [2.45, 2.75) is 39.2 Å². The topological polar surface area (TPSA) is 67.4 Å². The van der Waals surface area contributed by atoms with E-state index in [1.165, 1.54) is 5.56 Å². The molecule has 1 atom stereocenters. The first-order valence-corrected chi connectivity index (χ1v) is 10.3. The van der Waals surface area contributed by atoms with E-state index in [4.69, 9.17) is 4.74 Å². The molecular weight excluding hydrogens is 388 g/mol. The van der Waals surface area contributed by atoms with Gasteiger partial charge in [0.15, 0.2) is 6.10 Å². The summed E-state index contributed by atoms with van der Waals surface area (Å²) in [6.45, 7) is 8.13. The summed E-state index contributed by atoms with van der Waals surface area (Å²) in [5.41, 5.74) is 2.94. The lowest BCUT2D eigenvalue weighted by molar-refractivity contribution is -0.122. The van der Waals surface area contributed by atoms with Gasteiger partial charge in [-0.3, -0.25) is 9.59 Å². The predicted octanol–water partition coefficient (Wildman–Crippen LogP) is 5.64. The Morgan fingerprint density at radius 2 is 1.45 bits per heavy atom. The van der Waals surface area contributed by atoms with Gasteiger partial charge in [0.1, 0.15) is 5.75 Å². The first kappa shape index (κ1) is 22.1. The molecule has 0 aliphatic carbocycles. The van der Waals surface area contributed by atoms with Crippen LogP contribution in [-0.4, -0.2) is 17.9 Å². The van der Waals surface area contributed by atoms with E-state index >= 15 is 0 Å². The third-order valence-corrected chi connectivity index (χ3v) is 4.83. The number of benzene rings is 3. The highest BCUT2D eigenvalue weighted by atomic mass is 16.5. The molecule has 3 aromatic rings. The largest absolute Gasteiger partial charge is 0.481 e. The second-order valence-corrected chi connectivity index (χ2v) is 8.42. The van der Waals surface area contributed by atoms with Crippen molar-refractivity contribution in [2.75, 3.05) is 10.6 Å². The average molecular weight is 417 g/mol. The van der Waals surface area contributed by atoms with E-state index in [9.17, 15) is 9.59 Å². The van der Waals surface area contributed by atoms with Crippen LogP contribution in [0.25, 0.3) is 0 Å². The highest BCUT2D eigenvalue weighted by Crippen LogP contribution is 2.25. The molecule has 1 unspecified atom stereocenters. The molecule has 5 nitrogen and oxygen atoms in total. The van der Waals surface area contributed by atoms with E-state index in [-0.39, 0.29) is 17.2 Å². The van der Waals surface area contributed by atoms with Crippen molar-refractivity contribution in [3.8, 4) is 5.75 Å². The molecular formula is C26H28N2O3. The van der Waals surface area contributed by atoms with Crippen LogP contribution < -0.4 is 15.4 Å². The first-order valence-electron chi connectivity index (χ1n) is 10.3. The minimum atomic E-state index is -0.692. The van der Waals surface area contributed by atoms with Gasteiger partial charge in [-0.05, 0) is 60.4 Å². The Balaban J connectivity index is 1.61. The predicted molar refractivity (Wildman–Crippen MR) is 125 cm³/mol. The van der Waals surface area contributed by atoms with Gasteiger partial charge in [0.25, 0.3) is 11.8 Å². The number of nitrogens with one attached hydrogen (secondary N) is 2. The molecule has 0 heterocycles. The SMILES string of the molecule is CC(Oc1ccc(C(C)(C)C)cc1)C(=O)Nc1cccc(C(=O)Nc2ccccc2)c1. The number of hydrogen-bond donors (Lipinski definition) is 2. The van der Waals surface area contributed by atoms with Gasteiger partial charge in [-0.15, -0.1) is 0 Å². The van der Waals surface area contributed by atoms with Crippen LogP contribution in [0.4, 0.5) is 11.4 Å². The number of carbonyl (C=O) groups excluding carboxylic acids is 2. The number of amides is 2. The van der Waals surface area contributed by atoms with Crippen LogP contribution in [0, 0.1) is 0 Å². The standard InChI is InChI=1S/C26H28N2O3/c1-18(31-23-15-13-20(14-16-23)26(2,3)4)24(29)28-22-12-8-9-19(17-22)25(30)27-21-10-6-5-7-11-21/h5-18H,1-4H3,(H,27,30)(H,28,29). The smallest absolute Gasteiger partial charge is 0.265 e. The lowest BCUT2D eigenvalue weighted by Crippen LogP contribution is -2.30. The van der Waals surface area contributed by atoms with Gasteiger partial charge in [0.2, 0.25) is 0 Å². The summed E-state index contributed by atoms with van der Waals surface area (Å²) in [5, 5.41) is 5.65. The van der Waals surface area contributed by atoms with Crippen molar-refractivity contribution < 1.29 is 14.3 Å². The van der Waals surface area contributed by atoms with Crippen LogP contribution in [0.1, 0.15) is 43.6 Å². The lowest BCUT2D eigenvalue weighted by Gasteiger charge is -2.20. The van der Waals surface area contributed by atoms with Gasteiger partial charge < -0.3 is 15.4 Å². The summed E-state index contributed by atoms with van der Waals surface area (Å²) in [7, 11) is 0. The molecule has 0 bridgehead atoms. The van der Waals surface area contributed by atoms with Crippen molar-refractivity contribution in [2.24, 2.45) is 0 Å². The van der Waals surface area contributed by atoms with E-state index in [2.05, 4.69) is 31.4 Å². The number of para-hydroxylation sites is 1. The molecule has 31 heavy (non-hydrogen) atoms. The van der Waals surface area contributed by atoms with Crippen molar-refractivity contribution in [3.63, 3.8) is 0 Å². The highest BCUT2D eigenvalue weighted by Gasteiger charge is 2.17. The Bertz CT molecular complexity index is 1040. The zero-order valence-electron chi connectivity index (χ0n) is 18.3. The first-order chi connectivity index (χ1) is 14.7. The highest BCUT2D eigenvalue weighted by molar-refractivity contribution is 6.05. The number of rotatable bonds is 6. The van der Waals surface area contributed by atoms with Crippen LogP contribution in [0.2, 0.25) is 0 Å². The Morgan fingerprint density at radius 3 is 2.10 bits per heavy atom. The third-order valence-electron chi connectivity index (χ3n) is 4.83. The van der Waals surface area contributed by atoms with Crippen LogP contribution in [0.3, 0.4) is 0 Å². The van der Waals surface area contributed by atoms with Crippen LogP contribution in [0.5, 0.6) is 5.75 Å². The molecule has 0 aliphatic rings. The number of anilines is 2. The zero-order chi connectivity index (χ0) is 22.4. The fourth-order valence-corrected chi connectivity index (χ4v) is 3.00. The number of carbonyl (C=O) groups is 2. The van der Waals surface area contributed by atoms with Gasteiger partial charge >= 0.3 is 0 Å². The Kier molecular flexibility index (Phi) is 6.75. The van der Waals surface area contributed by atoms with Crippen molar-refractivity contribution in [1.29, 1.82) is 0 Å². The summed E-state index contributed by atoms with van der Waals surface area (Å²) < 4.78 is 5.78. The summed E-state index contributed by atoms with van der Waals surface area (Å²) >= 11 is 0. The summed E-state index contributed by atoms with van der Waals surface area (Å²) in [5.74, 6) is 0.0951. The molecule has 3 aromatic carbocycles. The second-order valence-electron chi connectivity index (χ2n) is 8.42. The van der Waals surface area contributed by atoms with E-state index in [1.54, 1.807) is 31.2 Å². The molecule has 0 saturated carbocycles. The molecule has 5 heteroatoms. The van der Waals surface area contributed by atoms with Crippen LogP contribution >= 0.6 is 0 Å². The molecule has 0 aromatic heterocycles. The van der Waals surface area contributed by atoms with Crippen molar-refractivity contribution >= 4 is 23.2 Å². The Labute approximate surface area is 183 Å². The van der Waals surface area contributed by atoms with Gasteiger partial charge in [-0.1, -0.05) is 57.2 Å². The fraction of sp³-hybridized carbons (Fsp3) is 0.231. The molecule has 0 aliphatic heterocycles. The Morgan fingerprint density at radius 1 is 0.806 bits per heavy atom. The second kappa shape index (κ2) is 9.47. The molecule has 0 spiro atoms. The minimum absolute atomic E-state index is 0.0549. The quantitative estimate of drug-likeness (QED) is 0.546. The van der Waals surface area contributed by atoms with E-state index in [1.807, 2.05) is 54.6 Å². The molecule has 2 N–H and O–H groups in total. The maximum Gasteiger partial charge on any atom is 0.265 e. The lowest BCUT2D eigenvalue weighted by atomic mass is 9.87. The van der Waals surface area contributed by atoms with Crippen molar-refractivity contribution in [3.05, 3.63) is 90.0 Å². The van der Waals surface area contributed by atoms with Crippen LogP contribution in [0.15, 0.2) is 78.9 Å². The molecule has 2 amide bonds. The van der Waals surface area contributed by atoms with E-state index in [0.29, 0.717) is 22.7 Å². The summed E-state index contributed by atoms with van der Waals surface area (Å²) in [6.07, 6.45) is -0.692. The van der Waals surface area contributed by atoms with E-state index < -0.39 is 6.10 Å². The third kappa shape index (κ3) is 6.19. The monoisotopic (exact) mass is 416 g/mol. The van der Waals surface area contributed by atoms with E-state index in [0.717, 1.165) is 0 Å². The van der Waals surface area contributed by atoms with Gasteiger partial charge in [-0.2, -0.15) is 0 Å². The molecule has 3 rings (SSSR count). The van der Waals surface area contributed by atoms with Crippen molar-refractivity contribution in [1.82, 2.24) is 0 Å². The summed E-state index contributed by atoms with van der Waals surface area (Å²) in [6, 6.07) is 23.8. The fourth-order valence-electron chi connectivity index (χ4n) is 3.00. The maximum absolute atomic E-state index is 12.6. The van der Waals surface area contributed by atoms with Gasteiger partial charge in [-0.25, -0.2) is 0 Å². The molecule has 0 fully saturated rings. The normalized spacial score (nSPS) is 12.0. The number of ether oxygens (including phenoxy) is 1. The van der Waals surface area contributed by atoms with Crippen LogP contribution in [-0.2, 0) is 10.2 Å². The molecule has 0 radical (unpaired) electrons. The molecule has 0 saturated heterocycles. The van der Waals surface area contributed by atoms with Gasteiger partial charge in [0, 0.05) is 16.9 Å². The minimum Gasteiger partial charge on any atom is -0.481 e. The average Bonchev–Trinajstić information content (AvgIpc) is 2.74. The summed E-state index contributed by atoms with van der Waals surface area (Å²) in [4.78, 5) is 25.1.